The third-order valence-corrected chi connectivity index (χ3v) is 2.28. The van der Waals surface area contributed by atoms with Crippen LogP contribution in [0.5, 0.6) is 0 Å². The van der Waals surface area contributed by atoms with Gasteiger partial charge in [0.15, 0.2) is 0 Å². The highest BCUT2D eigenvalue weighted by Crippen LogP contribution is 2.20. The minimum Gasteiger partial charge on any atom is -0.378 e. The summed E-state index contributed by atoms with van der Waals surface area (Å²) in [5.41, 5.74) is -0.766. The van der Waals surface area contributed by atoms with Crippen molar-refractivity contribution in [1.82, 2.24) is 5.32 Å². The topological polar surface area (TPSA) is 45.0 Å². The van der Waals surface area contributed by atoms with Gasteiger partial charge in [-0.25, -0.2) is 0 Å². The Morgan fingerprint density at radius 3 is 2.38 bits per heavy atom. The maximum atomic E-state index is 11.8. The fraction of sp³-hybridized carbons (Fsp3) is 0.900. The Balaban J connectivity index is 3.92. The van der Waals surface area contributed by atoms with Gasteiger partial charge in [0.1, 0.15) is 5.54 Å². The normalized spacial score (nSPS) is 17.6. The number of hydrogen-bond donors (Lipinski definition) is 1. The van der Waals surface area contributed by atoms with Crippen molar-refractivity contribution in [3.8, 4) is 6.07 Å². The summed E-state index contributed by atoms with van der Waals surface area (Å²) in [5.74, 6) is 0. The molecule has 0 radical (unpaired) electrons. The number of halogens is 3. The zero-order chi connectivity index (χ0) is 12.8. The molecule has 0 aliphatic carbocycles. The molecule has 0 spiro atoms. The molecule has 0 rings (SSSR count). The molecule has 0 saturated carbocycles. The van der Waals surface area contributed by atoms with E-state index in [0.717, 1.165) is 0 Å². The summed E-state index contributed by atoms with van der Waals surface area (Å²) < 4.78 is 40.5. The number of rotatable bonds is 6. The summed E-state index contributed by atoms with van der Waals surface area (Å²) in [6.45, 7) is 2.97. The lowest BCUT2D eigenvalue weighted by molar-refractivity contribution is -0.148. The molecule has 0 aromatic carbocycles. The van der Waals surface area contributed by atoms with Crippen LogP contribution < -0.4 is 5.32 Å². The van der Waals surface area contributed by atoms with Crippen molar-refractivity contribution in [2.75, 3.05) is 13.7 Å². The average molecular weight is 238 g/mol. The fourth-order valence-corrected chi connectivity index (χ4v) is 1.21. The zero-order valence-corrected chi connectivity index (χ0v) is 9.69. The predicted molar refractivity (Wildman–Crippen MR) is 53.8 cm³/mol. The van der Waals surface area contributed by atoms with E-state index in [1.165, 1.54) is 0 Å². The van der Waals surface area contributed by atoms with Gasteiger partial charge in [0.25, 0.3) is 0 Å². The Labute approximate surface area is 93.6 Å². The maximum absolute atomic E-state index is 11.8. The summed E-state index contributed by atoms with van der Waals surface area (Å²) in [6.07, 6.45) is -5.20. The molecule has 94 valence electrons. The quantitative estimate of drug-likeness (QED) is 0.771. The summed E-state index contributed by atoms with van der Waals surface area (Å²) in [5, 5.41) is 11.6. The molecule has 0 aromatic heterocycles. The van der Waals surface area contributed by atoms with E-state index in [1.54, 1.807) is 20.9 Å². The molecule has 2 atom stereocenters. The van der Waals surface area contributed by atoms with Gasteiger partial charge in [0.2, 0.25) is 0 Å². The van der Waals surface area contributed by atoms with Crippen molar-refractivity contribution in [3.05, 3.63) is 0 Å². The summed E-state index contributed by atoms with van der Waals surface area (Å²) in [4.78, 5) is 0. The van der Waals surface area contributed by atoms with Gasteiger partial charge in [-0.15, -0.1) is 0 Å². The Morgan fingerprint density at radius 2 is 2.00 bits per heavy atom. The maximum Gasteiger partial charge on any atom is 0.391 e. The molecule has 16 heavy (non-hydrogen) atoms. The second kappa shape index (κ2) is 6.06. The van der Waals surface area contributed by atoms with Gasteiger partial charge < -0.3 is 10.1 Å². The molecule has 0 heterocycles. The van der Waals surface area contributed by atoms with Crippen molar-refractivity contribution in [1.29, 1.82) is 5.26 Å². The van der Waals surface area contributed by atoms with Gasteiger partial charge in [0, 0.05) is 6.42 Å². The first-order valence-electron chi connectivity index (χ1n) is 5.01. The fourth-order valence-electron chi connectivity index (χ4n) is 1.21. The van der Waals surface area contributed by atoms with E-state index < -0.39 is 18.1 Å². The zero-order valence-electron chi connectivity index (χ0n) is 9.69. The van der Waals surface area contributed by atoms with Gasteiger partial charge in [-0.3, -0.25) is 0 Å². The van der Waals surface area contributed by atoms with Gasteiger partial charge in [-0.1, -0.05) is 0 Å². The molecule has 2 unspecified atom stereocenters. The van der Waals surface area contributed by atoms with Gasteiger partial charge in [-0.2, -0.15) is 18.4 Å². The molecule has 1 N–H and O–H groups in total. The highest BCUT2D eigenvalue weighted by Gasteiger charge is 2.28. The Hall–Kier alpha value is -0.800. The summed E-state index contributed by atoms with van der Waals surface area (Å²) in [7, 11) is 1.63. The van der Waals surface area contributed by atoms with Crippen LogP contribution in [0.3, 0.4) is 0 Å². The van der Waals surface area contributed by atoms with Crippen molar-refractivity contribution in [2.24, 2.45) is 0 Å². The van der Waals surface area contributed by atoms with E-state index in [2.05, 4.69) is 11.4 Å². The number of hydrogen-bond acceptors (Lipinski definition) is 3. The first kappa shape index (κ1) is 15.2. The third kappa shape index (κ3) is 6.64. The average Bonchev–Trinajstić information content (AvgIpc) is 2.15. The van der Waals surface area contributed by atoms with Crippen molar-refractivity contribution in [2.45, 2.75) is 44.5 Å². The molecule has 0 bridgehead atoms. The molecule has 0 aromatic rings. The van der Waals surface area contributed by atoms with Crippen LogP contribution in [-0.4, -0.2) is 31.5 Å². The summed E-state index contributed by atoms with van der Waals surface area (Å²) >= 11 is 0. The van der Waals surface area contributed by atoms with E-state index in [4.69, 9.17) is 10.00 Å². The lowest BCUT2D eigenvalue weighted by Gasteiger charge is -2.24. The monoisotopic (exact) mass is 238 g/mol. The Bertz CT molecular complexity index is 249. The van der Waals surface area contributed by atoms with Crippen LogP contribution in [0.4, 0.5) is 13.2 Å². The molecule has 0 amide bonds. The van der Waals surface area contributed by atoms with Crippen LogP contribution >= 0.6 is 0 Å². The molecule has 6 heteroatoms. The van der Waals surface area contributed by atoms with E-state index in [9.17, 15) is 13.2 Å². The van der Waals surface area contributed by atoms with Crippen LogP contribution in [0.15, 0.2) is 0 Å². The van der Waals surface area contributed by atoms with Crippen LogP contribution in [-0.2, 0) is 4.74 Å². The predicted octanol–water partition coefficient (Wildman–Crippen LogP) is 2.24. The third-order valence-electron chi connectivity index (χ3n) is 2.28. The van der Waals surface area contributed by atoms with Crippen molar-refractivity contribution >= 4 is 0 Å². The second-order valence-electron chi connectivity index (χ2n) is 3.94. The molecular weight excluding hydrogens is 221 g/mol. The Morgan fingerprint density at radius 1 is 1.44 bits per heavy atom. The standard InChI is InChI=1S/C10H17F3N2O/c1-8(6-9(2,7-14)15-3)16-5-4-10(11,12)13/h8,15H,4-6H2,1-3H3. The number of nitrogens with one attached hydrogen (secondary N) is 1. The van der Waals surface area contributed by atoms with Crippen molar-refractivity contribution in [3.63, 3.8) is 0 Å². The van der Waals surface area contributed by atoms with Gasteiger partial charge >= 0.3 is 6.18 Å². The first-order chi connectivity index (χ1) is 7.22. The van der Waals surface area contributed by atoms with Crippen molar-refractivity contribution < 1.29 is 17.9 Å². The lowest BCUT2D eigenvalue weighted by atomic mass is 9.97. The van der Waals surface area contributed by atoms with Crippen LogP contribution in [0.2, 0.25) is 0 Å². The number of alkyl halides is 3. The minimum absolute atomic E-state index is 0.345. The van der Waals surface area contributed by atoms with E-state index in [0.29, 0.717) is 6.42 Å². The van der Waals surface area contributed by atoms with Gasteiger partial charge in [-0.05, 0) is 20.9 Å². The van der Waals surface area contributed by atoms with Crippen LogP contribution in [0.25, 0.3) is 0 Å². The Kier molecular flexibility index (Phi) is 5.76. The molecule has 3 nitrogen and oxygen atoms in total. The molecular formula is C10H17F3N2O. The number of nitrogens with zero attached hydrogens (tertiary/aromatic N) is 1. The molecule has 0 aliphatic rings. The second-order valence-corrected chi connectivity index (χ2v) is 3.94. The highest BCUT2D eigenvalue weighted by molar-refractivity contribution is 5.03. The van der Waals surface area contributed by atoms with E-state index in [-0.39, 0.29) is 12.7 Å². The molecule has 0 saturated heterocycles. The van der Waals surface area contributed by atoms with Crippen LogP contribution in [0.1, 0.15) is 26.7 Å². The van der Waals surface area contributed by atoms with Crippen LogP contribution in [0, 0.1) is 11.3 Å². The lowest BCUT2D eigenvalue weighted by Crippen LogP contribution is -2.41. The van der Waals surface area contributed by atoms with E-state index in [1.807, 2.05) is 0 Å². The minimum atomic E-state index is -4.19. The highest BCUT2D eigenvalue weighted by atomic mass is 19.4. The largest absolute Gasteiger partial charge is 0.391 e. The summed E-state index contributed by atoms with van der Waals surface area (Å²) in [6, 6.07) is 2.05. The first-order valence-corrected chi connectivity index (χ1v) is 5.01. The smallest absolute Gasteiger partial charge is 0.378 e. The SMILES string of the molecule is CNC(C)(C#N)CC(C)OCCC(F)(F)F. The van der Waals surface area contributed by atoms with E-state index >= 15 is 0 Å². The molecule has 0 aliphatic heterocycles. The number of ether oxygens (including phenoxy) is 1. The number of nitriles is 1. The molecule has 0 fully saturated rings. The van der Waals surface area contributed by atoms with Gasteiger partial charge in [0.05, 0.1) is 25.2 Å².